The van der Waals surface area contributed by atoms with Crippen LogP contribution in [0.2, 0.25) is 0 Å². The van der Waals surface area contributed by atoms with Crippen molar-refractivity contribution in [3.8, 4) is 34.2 Å². The first-order valence-electron chi connectivity index (χ1n) is 7.07. The molecule has 0 unspecified atom stereocenters. The molecule has 4 rings (SSSR count). The molecule has 0 N–H and O–H groups in total. The predicted molar refractivity (Wildman–Crippen MR) is 85.1 cm³/mol. The topological polar surface area (TPSA) is 39.2 Å². The van der Waals surface area contributed by atoms with Gasteiger partial charge >= 0.3 is 0 Å². The third-order valence-corrected chi connectivity index (χ3v) is 3.44. The summed E-state index contributed by atoms with van der Waals surface area (Å²) in [6.07, 6.45) is 1.61. The van der Waals surface area contributed by atoms with Gasteiger partial charge in [-0.05, 0) is 12.1 Å². The van der Waals surface area contributed by atoms with Gasteiger partial charge in [-0.3, -0.25) is 0 Å². The maximum absolute atomic E-state index is 5.99. The fraction of sp³-hybridized carbons (Fsp3) is 0. The van der Waals surface area contributed by atoms with Crippen LogP contribution >= 0.6 is 0 Å². The molecular formula is C19H13NO2. The molecule has 106 valence electrons. The molecule has 4 aromatic rings. The van der Waals surface area contributed by atoms with Gasteiger partial charge in [0.1, 0.15) is 5.69 Å². The Kier molecular flexibility index (Phi) is 3.09. The minimum atomic E-state index is 0.489. The summed E-state index contributed by atoms with van der Waals surface area (Å²) in [6.45, 7) is 0. The van der Waals surface area contributed by atoms with E-state index in [4.69, 9.17) is 8.83 Å². The number of benzene rings is 2. The van der Waals surface area contributed by atoms with Crippen molar-refractivity contribution in [3.05, 3.63) is 79.1 Å². The number of oxazole rings is 1. The highest BCUT2D eigenvalue weighted by Crippen LogP contribution is 2.35. The summed E-state index contributed by atoms with van der Waals surface area (Å²) in [4.78, 5) is 4.64. The lowest BCUT2D eigenvalue weighted by molar-refractivity contribution is 0.524. The van der Waals surface area contributed by atoms with Crippen molar-refractivity contribution in [2.24, 2.45) is 0 Å². The monoisotopic (exact) mass is 287 g/mol. The van der Waals surface area contributed by atoms with Gasteiger partial charge in [-0.1, -0.05) is 60.7 Å². The third-order valence-electron chi connectivity index (χ3n) is 3.44. The second-order valence-electron chi connectivity index (χ2n) is 4.91. The summed E-state index contributed by atoms with van der Waals surface area (Å²) in [6, 6.07) is 23.7. The van der Waals surface area contributed by atoms with E-state index < -0.39 is 0 Å². The lowest BCUT2D eigenvalue weighted by Gasteiger charge is -2.00. The average molecular weight is 287 g/mol. The smallest absolute Gasteiger partial charge is 0.263 e. The number of hydrogen-bond donors (Lipinski definition) is 0. The SMILES string of the molecule is c1ccc(-c2nc(-c3ccco3)oc2-c2ccccc2)cc1. The van der Waals surface area contributed by atoms with E-state index in [0.717, 1.165) is 22.6 Å². The number of furan rings is 1. The van der Waals surface area contributed by atoms with Gasteiger partial charge in [-0.15, -0.1) is 0 Å². The van der Waals surface area contributed by atoms with Gasteiger partial charge in [0.25, 0.3) is 5.89 Å². The molecule has 0 amide bonds. The van der Waals surface area contributed by atoms with Gasteiger partial charge < -0.3 is 8.83 Å². The molecule has 2 aromatic heterocycles. The number of aromatic nitrogens is 1. The summed E-state index contributed by atoms with van der Waals surface area (Å²) >= 11 is 0. The van der Waals surface area contributed by atoms with Crippen LogP contribution in [0.25, 0.3) is 34.2 Å². The van der Waals surface area contributed by atoms with Crippen molar-refractivity contribution in [2.45, 2.75) is 0 Å². The van der Waals surface area contributed by atoms with Crippen molar-refractivity contribution >= 4 is 0 Å². The van der Waals surface area contributed by atoms with Crippen LogP contribution in [-0.2, 0) is 0 Å². The average Bonchev–Trinajstić information content (AvgIpc) is 3.26. The Labute approximate surface area is 127 Å². The molecule has 3 nitrogen and oxygen atoms in total. The van der Waals surface area contributed by atoms with Gasteiger partial charge in [0.05, 0.1) is 6.26 Å². The van der Waals surface area contributed by atoms with Crippen LogP contribution in [0.15, 0.2) is 87.9 Å². The molecule has 0 aliphatic carbocycles. The molecule has 22 heavy (non-hydrogen) atoms. The van der Waals surface area contributed by atoms with Crippen molar-refractivity contribution in [1.29, 1.82) is 0 Å². The van der Waals surface area contributed by atoms with Crippen LogP contribution in [0.5, 0.6) is 0 Å². The second kappa shape index (κ2) is 5.37. The minimum absolute atomic E-state index is 0.489. The Bertz CT molecular complexity index is 805. The zero-order valence-electron chi connectivity index (χ0n) is 11.8. The normalized spacial score (nSPS) is 10.7. The van der Waals surface area contributed by atoms with Crippen LogP contribution in [-0.4, -0.2) is 4.98 Å². The Hall–Kier alpha value is -3.07. The molecule has 0 fully saturated rings. The van der Waals surface area contributed by atoms with Crippen LogP contribution in [0, 0.1) is 0 Å². The molecule has 0 radical (unpaired) electrons. The quantitative estimate of drug-likeness (QED) is 0.515. The summed E-state index contributed by atoms with van der Waals surface area (Å²) < 4.78 is 11.4. The molecule has 0 aliphatic rings. The number of hydrogen-bond acceptors (Lipinski definition) is 3. The molecule has 0 atom stereocenters. The van der Waals surface area contributed by atoms with Gasteiger partial charge in [-0.25, -0.2) is 4.98 Å². The van der Waals surface area contributed by atoms with E-state index in [1.165, 1.54) is 0 Å². The summed E-state index contributed by atoms with van der Waals surface area (Å²) in [5, 5.41) is 0. The van der Waals surface area contributed by atoms with Crippen molar-refractivity contribution in [1.82, 2.24) is 4.98 Å². The lowest BCUT2D eigenvalue weighted by Crippen LogP contribution is -1.81. The van der Waals surface area contributed by atoms with Gasteiger partial charge in [-0.2, -0.15) is 0 Å². The Morgan fingerprint density at radius 3 is 2.00 bits per heavy atom. The highest BCUT2D eigenvalue weighted by molar-refractivity contribution is 5.78. The molecule has 0 aliphatic heterocycles. The van der Waals surface area contributed by atoms with Gasteiger partial charge in [0.2, 0.25) is 0 Å². The summed E-state index contributed by atoms with van der Waals surface area (Å²) in [5.41, 5.74) is 2.83. The number of rotatable bonds is 3. The largest absolute Gasteiger partial charge is 0.459 e. The van der Waals surface area contributed by atoms with E-state index in [1.54, 1.807) is 6.26 Å². The van der Waals surface area contributed by atoms with Crippen LogP contribution in [0.3, 0.4) is 0 Å². The molecule has 0 saturated heterocycles. The zero-order valence-corrected chi connectivity index (χ0v) is 11.8. The second-order valence-corrected chi connectivity index (χ2v) is 4.91. The first kappa shape index (κ1) is 12.7. The molecule has 0 spiro atoms. The van der Waals surface area contributed by atoms with Crippen molar-refractivity contribution in [3.63, 3.8) is 0 Å². The standard InChI is InChI=1S/C19H13NO2/c1-3-8-14(9-4-1)17-18(15-10-5-2-6-11-15)22-19(20-17)16-12-7-13-21-16/h1-13H. The van der Waals surface area contributed by atoms with Crippen LogP contribution in [0.1, 0.15) is 0 Å². The molecule has 0 bridgehead atoms. The lowest BCUT2D eigenvalue weighted by atomic mass is 10.1. The Morgan fingerprint density at radius 1 is 0.682 bits per heavy atom. The molecule has 2 heterocycles. The third kappa shape index (κ3) is 2.23. The highest BCUT2D eigenvalue weighted by atomic mass is 16.4. The first-order chi connectivity index (χ1) is 10.9. The predicted octanol–water partition coefficient (Wildman–Crippen LogP) is 5.27. The van der Waals surface area contributed by atoms with E-state index in [9.17, 15) is 0 Å². The number of nitrogens with zero attached hydrogens (tertiary/aromatic N) is 1. The first-order valence-corrected chi connectivity index (χ1v) is 7.07. The summed E-state index contributed by atoms with van der Waals surface area (Å²) in [7, 11) is 0. The van der Waals surface area contributed by atoms with Gasteiger partial charge in [0.15, 0.2) is 11.5 Å². The minimum Gasteiger partial charge on any atom is -0.459 e. The maximum Gasteiger partial charge on any atom is 0.263 e. The molecule has 2 aromatic carbocycles. The fourth-order valence-electron chi connectivity index (χ4n) is 2.40. The highest BCUT2D eigenvalue weighted by Gasteiger charge is 2.18. The summed E-state index contributed by atoms with van der Waals surface area (Å²) in [5.74, 6) is 1.86. The Balaban J connectivity index is 1.92. The van der Waals surface area contributed by atoms with Crippen molar-refractivity contribution < 1.29 is 8.83 Å². The molecule has 0 saturated carbocycles. The van der Waals surface area contributed by atoms with Crippen LogP contribution in [0.4, 0.5) is 0 Å². The molecule has 3 heteroatoms. The van der Waals surface area contributed by atoms with E-state index >= 15 is 0 Å². The fourth-order valence-corrected chi connectivity index (χ4v) is 2.40. The van der Waals surface area contributed by atoms with Crippen molar-refractivity contribution in [2.75, 3.05) is 0 Å². The van der Waals surface area contributed by atoms with E-state index in [-0.39, 0.29) is 0 Å². The van der Waals surface area contributed by atoms with E-state index in [2.05, 4.69) is 4.98 Å². The van der Waals surface area contributed by atoms with Crippen LogP contribution < -0.4 is 0 Å². The van der Waals surface area contributed by atoms with Gasteiger partial charge in [0, 0.05) is 11.1 Å². The van der Waals surface area contributed by atoms with E-state index in [1.807, 2.05) is 72.8 Å². The zero-order chi connectivity index (χ0) is 14.8. The van der Waals surface area contributed by atoms with E-state index in [0.29, 0.717) is 11.7 Å². The Morgan fingerprint density at radius 2 is 1.36 bits per heavy atom. The maximum atomic E-state index is 5.99. The molecular weight excluding hydrogens is 274 g/mol.